The van der Waals surface area contributed by atoms with Gasteiger partial charge in [-0.1, -0.05) is 42.5 Å². The number of hydrogen-bond acceptors (Lipinski definition) is 7. The van der Waals surface area contributed by atoms with Gasteiger partial charge in [0.05, 0.1) is 11.3 Å². The van der Waals surface area contributed by atoms with Crippen molar-refractivity contribution < 1.29 is 41.8 Å². The molecule has 254 valence electrons. The van der Waals surface area contributed by atoms with Crippen molar-refractivity contribution in [3.05, 3.63) is 65.7 Å². The Balaban J connectivity index is 1.62. The molecule has 2 aromatic carbocycles. The van der Waals surface area contributed by atoms with Gasteiger partial charge >= 0.3 is 12.3 Å². The summed E-state index contributed by atoms with van der Waals surface area (Å²) in [6.45, 7) is 7.12. The summed E-state index contributed by atoms with van der Waals surface area (Å²) in [6.07, 6.45) is -5.09. The van der Waals surface area contributed by atoms with E-state index in [1.54, 1.807) is 27.8 Å². The Morgan fingerprint density at radius 2 is 1.64 bits per heavy atom. The van der Waals surface area contributed by atoms with E-state index in [9.17, 15) is 32.3 Å². The van der Waals surface area contributed by atoms with Crippen molar-refractivity contribution in [2.45, 2.75) is 70.8 Å². The predicted octanol–water partition coefficient (Wildman–Crippen LogP) is 4.16. The second-order valence-corrected chi connectivity index (χ2v) is 13.2. The van der Waals surface area contributed by atoms with E-state index in [4.69, 9.17) is 9.47 Å². The maximum absolute atomic E-state index is 14.2. The molecule has 4 amide bonds. The molecule has 0 saturated carbocycles. The van der Waals surface area contributed by atoms with E-state index < -0.39 is 64.6 Å². The van der Waals surface area contributed by atoms with Crippen molar-refractivity contribution in [1.82, 2.24) is 20.5 Å². The van der Waals surface area contributed by atoms with Crippen LogP contribution in [0.2, 0.25) is 0 Å². The van der Waals surface area contributed by atoms with Gasteiger partial charge in [0.1, 0.15) is 35.0 Å². The number of piperidine rings is 1. The molecule has 2 N–H and O–H groups in total. The Morgan fingerprint density at radius 1 is 1.00 bits per heavy atom. The summed E-state index contributed by atoms with van der Waals surface area (Å²) in [5.74, 6) is -2.32. The third-order valence-corrected chi connectivity index (χ3v) is 7.85. The molecule has 2 aliphatic rings. The smallest absolute Gasteiger partial charge is 0.419 e. The number of carbonyl (C=O) groups is 4. The number of halogens is 3. The molecule has 2 heterocycles. The van der Waals surface area contributed by atoms with E-state index in [1.807, 2.05) is 30.3 Å². The number of fused-ring (bicyclic) bond motifs is 1. The molecule has 4 rings (SSSR count). The van der Waals surface area contributed by atoms with Gasteiger partial charge in [0.2, 0.25) is 11.8 Å². The van der Waals surface area contributed by atoms with Gasteiger partial charge in [0, 0.05) is 26.6 Å². The fourth-order valence-corrected chi connectivity index (χ4v) is 5.56. The molecule has 1 fully saturated rings. The second kappa shape index (κ2) is 13.2. The quantitative estimate of drug-likeness (QED) is 0.416. The third-order valence-electron chi connectivity index (χ3n) is 7.85. The molecule has 47 heavy (non-hydrogen) atoms. The standard InChI is InChI=1S/C33H40F3N5O6/c1-30(2,3)47-29(45)38-31(4,5)27(43)37-23(19-46-24-15-11-10-14-22(24)33(34,35)36)26(42)41-17-16-25-32(20-41,28(44)40(6)39-25)18-21-12-8-7-9-13-21/h7-15,23H,16-20H2,1-6H3,(H,37,43)(H,38,45)/t23-,32-/m1/s1. The number of alkyl halides is 3. The lowest BCUT2D eigenvalue weighted by Crippen LogP contribution is -2.63. The van der Waals surface area contributed by atoms with E-state index in [1.165, 1.54) is 35.9 Å². The highest BCUT2D eigenvalue weighted by molar-refractivity contribution is 6.13. The second-order valence-electron chi connectivity index (χ2n) is 13.2. The van der Waals surface area contributed by atoms with Crippen molar-refractivity contribution in [1.29, 1.82) is 0 Å². The summed E-state index contributed by atoms with van der Waals surface area (Å²) in [6, 6.07) is 12.3. The van der Waals surface area contributed by atoms with Gasteiger partial charge in [-0.05, 0) is 58.7 Å². The average molecular weight is 660 g/mol. The van der Waals surface area contributed by atoms with E-state index in [-0.39, 0.29) is 31.8 Å². The van der Waals surface area contributed by atoms with Crippen molar-refractivity contribution in [3.8, 4) is 5.75 Å². The molecule has 0 aliphatic carbocycles. The molecule has 0 spiro atoms. The van der Waals surface area contributed by atoms with E-state index >= 15 is 0 Å². The highest BCUT2D eigenvalue weighted by Gasteiger charge is 2.54. The van der Waals surface area contributed by atoms with Crippen molar-refractivity contribution >= 4 is 29.5 Å². The van der Waals surface area contributed by atoms with Crippen molar-refractivity contribution in [3.63, 3.8) is 0 Å². The number of likely N-dealkylation sites (tertiary alicyclic amines) is 1. The minimum atomic E-state index is -4.74. The average Bonchev–Trinajstić information content (AvgIpc) is 3.22. The lowest BCUT2D eigenvalue weighted by atomic mass is 9.73. The summed E-state index contributed by atoms with van der Waals surface area (Å²) in [4.78, 5) is 55.1. The molecular weight excluding hydrogens is 619 g/mol. The zero-order valence-electron chi connectivity index (χ0n) is 27.2. The molecule has 2 aromatic rings. The fraction of sp³-hybridized carbons (Fsp3) is 0.485. The van der Waals surface area contributed by atoms with Gasteiger partial charge in [-0.3, -0.25) is 14.4 Å². The van der Waals surface area contributed by atoms with Crippen LogP contribution in [0.3, 0.4) is 0 Å². The lowest BCUT2D eigenvalue weighted by molar-refractivity contribution is -0.143. The highest BCUT2D eigenvalue weighted by Crippen LogP contribution is 2.39. The number of nitrogens with zero attached hydrogens (tertiary/aromatic N) is 3. The van der Waals surface area contributed by atoms with Crippen LogP contribution in [0.1, 0.15) is 52.2 Å². The number of amides is 4. The topological polar surface area (TPSA) is 130 Å². The largest absolute Gasteiger partial charge is 0.490 e. The molecule has 11 nitrogen and oxygen atoms in total. The Bertz CT molecular complexity index is 1540. The summed E-state index contributed by atoms with van der Waals surface area (Å²) in [5, 5.41) is 10.7. The molecule has 0 unspecified atom stereocenters. The maximum atomic E-state index is 14.2. The molecule has 2 aliphatic heterocycles. The van der Waals surface area contributed by atoms with Gasteiger partial charge in [-0.2, -0.15) is 18.3 Å². The highest BCUT2D eigenvalue weighted by atomic mass is 19.4. The number of carbonyl (C=O) groups excluding carboxylic acids is 4. The minimum absolute atomic E-state index is 0.0756. The van der Waals surface area contributed by atoms with Crippen LogP contribution in [-0.4, -0.2) is 83.4 Å². The number of hydrogen-bond donors (Lipinski definition) is 2. The zero-order chi connectivity index (χ0) is 34.8. The van der Waals surface area contributed by atoms with Crippen LogP contribution < -0.4 is 15.4 Å². The molecule has 0 bridgehead atoms. The van der Waals surface area contributed by atoms with E-state index in [0.29, 0.717) is 5.71 Å². The SMILES string of the molecule is CN1N=C2CCN(C(=O)[C@@H](COc3ccccc3C(F)(F)F)NC(=O)C(C)(C)NC(=O)OC(C)(C)C)C[C@@]2(Cc2ccccc2)C1=O. The predicted molar refractivity (Wildman–Crippen MR) is 166 cm³/mol. The first-order chi connectivity index (χ1) is 21.8. The van der Waals surface area contributed by atoms with Crippen LogP contribution >= 0.6 is 0 Å². The van der Waals surface area contributed by atoms with Crippen LogP contribution in [-0.2, 0) is 31.7 Å². The summed E-state index contributed by atoms with van der Waals surface area (Å²) >= 11 is 0. The molecule has 2 atom stereocenters. The molecule has 14 heteroatoms. The van der Waals surface area contributed by atoms with E-state index in [0.717, 1.165) is 17.7 Å². The number of benzene rings is 2. The van der Waals surface area contributed by atoms with Crippen molar-refractivity contribution in [2.24, 2.45) is 10.5 Å². The van der Waals surface area contributed by atoms with Gasteiger partial charge in [0.15, 0.2) is 0 Å². The third kappa shape index (κ3) is 8.22. The molecule has 0 aromatic heterocycles. The van der Waals surface area contributed by atoms with Gasteiger partial charge < -0.3 is 25.0 Å². The summed E-state index contributed by atoms with van der Waals surface area (Å²) in [7, 11) is 1.54. The van der Waals surface area contributed by atoms with Crippen LogP contribution in [0.25, 0.3) is 0 Å². The normalized spacial score (nSPS) is 19.0. The number of para-hydroxylation sites is 1. The van der Waals surface area contributed by atoms with E-state index in [2.05, 4.69) is 15.7 Å². The first-order valence-corrected chi connectivity index (χ1v) is 15.1. The van der Waals surface area contributed by atoms with Crippen LogP contribution in [0.5, 0.6) is 5.75 Å². The maximum Gasteiger partial charge on any atom is 0.419 e. The van der Waals surface area contributed by atoms with Gasteiger partial charge in [-0.25, -0.2) is 9.80 Å². The first kappa shape index (κ1) is 35.2. The van der Waals surface area contributed by atoms with Gasteiger partial charge in [0.25, 0.3) is 5.91 Å². The summed E-state index contributed by atoms with van der Waals surface area (Å²) in [5.41, 5.74) is -3.20. The van der Waals surface area contributed by atoms with Crippen LogP contribution in [0, 0.1) is 5.41 Å². The van der Waals surface area contributed by atoms with Gasteiger partial charge in [-0.15, -0.1) is 0 Å². The molecule has 0 radical (unpaired) electrons. The van der Waals surface area contributed by atoms with Crippen molar-refractivity contribution in [2.75, 3.05) is 26.7 Å². The minimum Gasteiger partial charge on any atom is -0.490 e. The Kier molecular flexibility index (Phi) is 9.93. The monoisotopic (exact) mass is 659 g/mol. The zero-order valence-corrected chi connectivity index (χ0v) is 27.2. The molecule has 1 saturated heterocycles. The first-order valence-electron chi connectivity index (χ1n) is 15.1. The Labute approximate surface area is 271 Å². The van der Waals surface area contributed by atoms with Crippen LogP contribution in [0.4, 0.5) is 18.0 Å². The summed E-state index contributed by atoms with van der Waals surface area (Å²) < 4.78 is 52.0. The fourth-order valence-electron chi connectivity index (χ4n) is 5.56. The number of ether oxygens (including phenoxy) is 2. The number of rotatable bonds is 9. The number of nitrogens with one attached hydrogen (secondary N) is 2. The lowest BCUT2D eigenvalue weighted by Gasteiger charge is -2.41. The molecular formula is C33H40F3N5O6. The Hall–Kier alpha value is -4.62. The Morgan fingerprint density at radius 3 is 2.28 bits per heavy atom. The van der Waals surface area contributed by atoms with Crippen LogP contribution in [0.15, 0.2) is 59.7 Å². The number of hydrazone groups is 1. The number of alkyl carbamates (subject to hydrolysis) is 1.